The van der Waals surface area contributed by atoms with Gasteiger partial charge >= 0.3 is 0 Å². The summed E-state index contributed by atoms with van der Waals surface area (Å²) in [5, 5.41) is 0. The minimum Gasteiger partial charge on any atom is -0.381 e. The Morgan fingerprint density at radius 1 is 1.31 bits per heavy atom. The van der Waals surface area contributed by atoms with Crippen molar-refractivity contribution in [3.8, 4) is 0 Å². The van der Waals surface area contributed by atoms with Gasteiger partial charge in [0.25, 0.3) is 0 Å². The maximum Gasteiger partial charge on any atom is 0.237 e. The van der Waals surface area contributed by atoms with Gasteiger partial charge in [0.15, 0.2) is 0 Å². The first-order chi connectivity index (χ1) is 7.36. The van der Waals surface area contributed by atoms with Crippen LogP contribution in [0.2, 0.25) is 0 Å². The van der Waals surface area contributed by atoms with Crippen LogP contribution in [0, 0.1) is 5.92 Å². The van der Waals surface area contributed by atoms with Crippen molar-refractivity contribution in [1.29, 1.82) is 0 Å². The standard InChI is InChI=1S/C12H26N2O2/c1-10(2)6-9-16-8-5-4-7-12(3,14)11(13)15/h10H,4-9,14H2,1-3H3,(H2,13,15). The molecule has 0 aliphatic heterocycles. The second kappa shape index (κ2) is 7.63. The van der Waals surface area contributed by atoms with E-state index in [4.69, 9.17) is 16.2 Å². The summed E-state index contributed by atoms with van der Waals surface area (Å²) in [5.74, 6) is 0.246. The van der Waals surface area contributed by atoms with Crippen molar-refractivity contribution >= 4 is 5.91 Å². The van der Waals surface area contributed by atoms with Crippen LogP contribution in [0.4, 0.5) is 0 Å². The maximum atomic E-state index is 10.9. The number of amides is 1. The number of unbranched alkanes of at least 4 members (excludes halogenated alkanes) is 1. The molecule has 1 unspecified atom stereocenters. The second-order valence-corrected chi connectivity index (χ2v) is 5.03. The molecule has 0 fully saturated rings. The largest absolute Gasteiger partial charge is 0.381 e. The quantitative estimate of drug-likeness (QED) is 0.588. The lowest BCUT2D eigenvalue weighted by atomic mass is 9.96. The Morgan fingerprint density at radius 3 is 2.44 bits per heavy atom. The van der Waals surface area contributed by atoms with Gasteiger partial charge in [-0.05, 0) is 38.5 Å². The van der Waals surface area contributed by atoms with Gasteiger partial charge < -0.3 is 16.2 Å². The maximum absolute atomic E-state index is 10.9. The highest BCUT2D eigenvalue weighted by Crippen LogP contribution is 2.10. The summed E-state index contributed by atoms with van der Waals surface area (Å²) >= 11 is 0. The molecule has 0 aromatic heterocycles. The van der Waals surface area contributed by atoms with Crippen molar-refractivity contribution in [2.24, 2.45) is 17.4 Å². The lowest BCUT2D eigenvalue weighted by molar-refractivity contribution is -0.122. The fourth-order valence-electron chi connectivity index (χ4n) is 1.24. The molecule has 0 saturated carbocycles. The zero-order chi connectivity index (χ0) is 12.6. The third kappa shape index (κ3) is 7.65. The molecule has 1 atom stereocenters. The van der Waals surface area contributed by atoms with Crippen LogP contribution in [-0.4, -0.2) is 24.7 Å². The van der Waals surface area contributed by atoms with E-state index in [9.17, 15) is 4.79 Å². The van der Waals surface area contributed by atoms with Crippen molar-refractivity contribution < 1.29 is 9.53 Å². The first-order valence-corrected chi connectivity index (χ1v) is 6.03. The minimum absolute atomic E-state index is 0.437. The zero-order valence-corrected chi connectivity index (χ0v) is 10.8. The van der Waals surface area contributed by atoms with Gasteiger partial charge in [0.05, 0.1) is 5.54 Å². The molecule has 0 saturated heterocycles. The van der Waals surface area contributed by atoms with E-state index in [0.29, 0.717) is 12.3 Å². The first-order valence-electron chi connectivity index (χ1n) is 6.03. The molecule has 96 valence electrons. The van der Waals surface area contributed by atoms with Crippen LogP contribution in [0.5, 0.6) is 0 Å². The van der Waals surface area contributed by atoms with E-state index < -0.39 is 11.4 Å². The van der Waals surface area contributed by atoms with Crippen molar-refractivity contribution in [1.82, 2.24) is 0 Å². The normalized spacial score (nSPS) is 15.1. The number of rotatable bonds is 9. The van der Waals surface area contributed by atoms with E-state index in [-0.39, 0.29) is 0 Å². The van der Waals surface area contributed by atoms with Crippen LogP contribution >= 0.6 is 0 Å². The van der Waals surface area contributed by atoms with E-state index >= 15 is 0 Å². The Morgan fingerprint density at radius 2 is 1.94 bits per heavy atom. The van der Waals surface area contributed by atoms with E-state index in [1.165, 1.54) is 0 Å². The Hall–Kier alpha value is -0.610. The van der Waals surface area contributed by atoms with E-state index in [1.807, 2.05) is 0 Å². The van der Waals surface area contributed by atoms with Gasteiger partial charge in [-0.25, -0.2) is 0 Å². The summed E-state index contributed by atoms with van der Waals surface area (Å²) in [6.45, 7) is 7.58. The lowest BCUT2D eigenvalue weighted by Gasteiger charge is -2.19. The summed E-state index contributed by atoms with van der Waals surface area (Å²) in [7, 11) is 0. The van der Waals surface area contributed by atoms with Crippen LogP contribution in [0.25, 0.3) is 0 Å². The number of ether oxygens (including phenoxy) is 1. The smallest absolute Gasteiger partial charge is 0.237 e. The lowest BCUT2D eigenvalue weighted by Crippen LogP contribution is -2.49. The van der Waals surface area contributed by atoms with Crippen LogP contribution in [0.3, 0.4) is 0 Å². The monoisotopic (exact) mass is 230 g/mol. The number of carbonyl (C=O) groups is 1. The molecule has 0 rings (SSSR count). The van der Waals surface area contributed by atoms with Gasteiger partial charge in [0.2, 0.25) is 5.91 Å². The van der Waals surface area contributed by atoms with Gasteiger partial charge in [-0.1, -0.05) is 13.8 Å². The Labute approximate surface area is 98.7 Å². The van der Waals surface area contributed by atoms with Gasteiger partial charge in [0.1, 0.15) is 0 Å². The van der Waals surface area contributed by atoms with Crippen molar-refractivity contribution in [3.05, 3.63) is 0 Å². The third-order valence-electron chi connectivity index (χ3n) is 2.64. The second-order valence-electron chi connectivity index (χ2n) is 5.03. The molecule has 0 aromatic carbocycles. The molecular weight excluding hydrogens is 204 g/mol. The van der Waals surface area contributed by atoms with Crippen molar-refractivity contribution in [2.45, 2.75) is 52.0 Å². The number of primary amides is 1. The molecule has 0 bridgehead atoms. The van der Waals surface area contributed by atoms with Crippen molar-refractivity contribution in [2.75, 3.05) is 13.2 Å². The van der Waals surface area contributed by atoms with Crippen LogP contribution in [0.15, 0.2) is 0 Å². The Kier molecular flexibility index (Phi) is 7.34. The summed E-state index contributed by atoms with van der Waals surface area (Å²) in [4.78, 5) is 10.9. The fraction of sp³-hybridized carbons (Fsp3) is 0.917. The van der Waals surface area contributed by atoms with Crippen LogP contribution in [0.1, 0.15) is 46.5 Å². The average molecular weight is 230 g/mol. The molecule has 0 aliphatic carbocycles. The summed E-state index contributed by atoms with van der Waals surface area (Å²) in [6.07, 6.45) is 3.52. The molecule has 0 aliphatic rings. The molecule has 4 N–H and O–H groups in total. The molecule has 0 spiro atoms. The molecule has 4 nitrogen and oxygen atoms in total. The highest BCUT2D eigenvalue weighted by Gasteiger charge is 2.24. The average Bonchev–Trinajstić information content (AvgIpc) is 2.15. The predicted octanol–water partition coefficient (Wildman–Crippen LogP) is 1.42. The molecule has 0 radical (unpaired) electrons. The fourth-order valence-corrected chi connectivity index (χ4v) is 1.24. The Balaban J connectivity index is 3.37. The number of carbonyl (C=O) groups excluding carboxylic acids is 1. The SMILES string of the molecule is CC(C)CCOCCCCC(C)(N)C(N)=O. The highest BCUT2D eigenvalue weighted by atomic mass is 16.5. The van der Waals surface area contributed by atoms with E-state index in [0.717, 1.165) is 32.5 Å². The Bertz CT molecular complexity index is 203. The molecule has 0 heterocycles. The van der Waals surface area contributed by atoms with Crippen molar-refractivity contribution in [3.63, 3.8) is 0 Å². The highest BCUT2D eigenvalue weighted by molar-refractivity contribution is 5.83. The van der Waals surface area contributed by atoms with Gasteiger partial charge in [-0.15, -0.1) is 0 Å². The minimum atomic E-state index is -0.877. The van der Waals surface area contributed by atoms with Crippen LogP contribution in [-0.2, 0) is 9.53 Å². The zero-order valence-electron chi connectivity index (χ0n) is 10.8. The number of hydrogen-bond donors (Lipinski definition) is 2. The number of hydrogen-bond acceptors (Lipinski definition) is 3. The summed E-state index contributed by atoms with van der Waals surface area (Å²) in [6, 6.07) is 0. The number of nitrogens with two attached hydrogens (primary N) is 2. The molecule has 1 amide bonds. The van der Waals surface area contributed by atoms with E-state index in [2.05, 4.69) is 13.8 Å². The van der Waals surface area contributed by atoms with Gasteiger partial charge in [0, 0.05) is 13.2 Å². The summed E-state index contributed by atoms with van der Waals surface area (Å²) < 4.78 is 5.46. The third-order valence-corrected chi connectivity index (χ3v) is 2.64. The van der Waals surface area contributed by atoms with Crippen LogP contribution < -0.4 is 11.5 Å². The molecule has 0 aromatic rings. The van der Waals surface area contributed by atoms with Gasteiger partial charge in [-0.2, -0.15) is 0 Å². The predicted molar refractivity (Wildman–Crippen MR) is 65.9 cm³/mol. The van der Waals surface area contributed by atoms with Gasteiger partial charge in [-0.3, -0.25) is 4.79 Å². The molecule has 4 heteroatoms. The molecular formula is C12H26N2O2. The summed E-state index contributed by atoms with van der Waals surface area (Å²) in [5.41, 5.74) is 10.0. The molecule has 16 heavy (non-hydrogen) atoms. The topological polar surface area (TPSA) is 78.3 Å². The van der Waals surface area contributed by atoms with E-state index in [1.54, 1.807) is 6.92 Å². The first kappa shape index (κ1) is 15.4.